The summed E-state index contributed by atoms with van der Waals surface area (Å²) in [7, 11) is 0. The summed E-state index contributed by atoms with van der Waals surface area (Å²) < 4.78 is 0.937. The number of aliphatic hydroxyl groups is 1. The molecule has 0 spiro atoms. The Labute approximate surface area is 120 Å². The zero-order valence-corrected chi connectivity index (χ0v) is 12.3. The van der Waals surface area contributed by atoms with Crippen molar-refractivity contribution in [3.05, 3.63) is 29.0 Å². The molecule has 2 atom stereocenters. The molecular formula is C14H16BrN3O. The van der Waals surface area contributed by atoms with E-state index >= 15 is 0 Å². The average Bonchev–Trinajstić information content (AvgIpc) is 2.41. The van der Waals surface area contributed by atoms with Gasteiger partial charge in [0.1, 0.15) is 5.52 Å². The van der Waals surface area contributed by atoms with Crippen molar-refractivity contribution < 1.29 is 5.11 Å². The van der Waals surface area contributed by atoms with Crippen molar-refractivity contribution in [1.29, 1.82) is 0 Å². The Morgan fingerprint density at radius 2 is 2.26 bits per heavy atom. The van der Waals surface area contributed by atoms with E-state index in [4.69, 9.17) is 0 Å². The Balaban J connectivity index is 2.01. The van der Waals surface area contributed by atoms with Gasteiger partial charge in [-0.2, -0.15) is 0 Å². The number of nitrogens with zero attached hydrogens (tertiary/aromatic N) is 3. The topological polar surface area (TPSA) is 49.2 Å². The molecule has 0 aromatic carbocycles. The van der Waals surface area contributed by atoms with Crippen LogP contribution < -0.4 is 4.90 Å². The highest BCUT2D eigenvalue weighted by atomic mass is 79.9. The highest BCUT2D eigenvalue weighted by molar-refractivity contribution is 9.10. The Morgan fingerprint density at radius 1 is 1.42 bits per heavy atom. The lowest BCUT2D eigenvalue weighted by Crippen LogP contribution is -2.42. The first-order valence-electron chi connectivity index (χ1n) is 6.48. The van der Waals surface area contributed by atoms with E-state index in [9.17, 15) is 5.11 Å². The molecule has 3 rings (SSSR count). The summed E-state index contributed by atoms with van der Waals surface area (Å²) in [6.45, 7) is 3.81. The molecule has 4 nitrogen and oxygen atoms in total. The number of rotatable bonds is 1. The van der Waals surface area contributed by atoms with Crippen LogP contribution in [-0.2, 0) is 0 Å². The van der Waals surface area contributed by atoms with Gasteiger partial charge in [0.25, 0.3) is 0 Å². The van der Waals surface area contributed by atoms with Crippen LogP contribution in [0.1, 0.15) is 13.3 Å². The average molecular weight is 322 g/mol. The van der Waals surface area contributed by atoms with Crippen molar-refractivity contribution in [2.45, 2.75) is 19.4 Å². The van der Waals surface area contributed by atoms with Crippen molar-refractivity contribution in [2.24, 2.45) is 5.92 Å². The summed E-state index contributed by atoms with van der Waals surface area (Å²) in [6, 6.07) is 3.99. The molecule has 2 unspecified atom stereocenters. The Hall–Kier alpha value is -1.20. The van der Waals surface area contributed by atoms with Crippen LogP contribution in [0, 0.1) is 5.92 Å². The molecule has 1 saturated heterocycles. The van der Waals surface area contributed by atoms with Crippen molar-refractivity contribution in [1.82, 2.24) is 9.97 Å². The minimum Gasteiger partial charge on any atom is -0.393 e. The number of fused-ring (bicyclic) bond motifs is 1. The first-order chi connectivity index (χ1) is 9.15. The zero-order chi connectivity index (χ0) is 13.4. The molecule has 0 saturated carbocycles. The number of anilines is 1. The van der Waals surface area contributed by atoms with Gasteiger partial charge in [-0.05, 0) is 40.4 Å². The minimum absolute atomic E-state index is 0.188. The van der Waals surface area contributed by atoms with Gasteiger partial charge in [-0.1, -0.05) is 6.92 Å². The van der Waals surface area contributed by atoms with E-state index in [1.807, 2.05) is 18.3 Å². The Bertz CT molecular complexity index is 604. The second-order valence-electron chi connectivity index (χ2n) is 5.13. The maximum absolute atomic E-state index is 9.83. The van der Waals surface area contributed by atoms with E-state index in [-0.39, 0.29) is 12.0 Å². The van der Waals surface area contributed by atoms with Gasteiger partial charge in [-0.25, -0.2) is 0 Å². The van der Waals surface area contributed by atoms with Crippen molar-refractivity contribution >= 4 is 32.7 Å². The second kappa shape index (κ2) is 5.06. The number of aromatic nitrogens is 2. The number of aliphatic hydroxyl groups excluding tert-OH is 1. The molecule has 1 aliphatic rings. The quantitative estimate of drug-likeness (QED) is 0.877. The summed E-state index contributed by atoms with van der Waals surface area (Å²) in [5.74, 6) is 0.285. The molecule has 3 heterocycles. The molecule has 1 N–H and O–H groups in total. The highest BCUT2D eigenvalue weighted by Crippen LogP contribution is 2.29. The lowest BCUT2D eigenvalue weighted by atomic mass is 9.96. The number of hydrogen-bond acceptors (Lipinski definition) is 4. The zero-order valence-electron chi connectivity index (χ0n) is 10.8. The van der Waals surface area contributed by atoms with Gasteiger partial charge < -0.3 is 10.0 Å². The standard InChI is InChI=1S/C14H16BrN3O/c1-9-8-18(5-3-13(9)19)12-2-4-16-11-6-10(15)7-17-14(11)12/h2,4,6-7,9,13,19H,3,5,8H2,1H3. The SMILES string of the molecule is CC1CN(c2ccnc3cc(Br)cnc23)CCC1O. The van der Waals surface area contributed by atoms with Crippen LogP contribution >= 0.6 is 15.9 Å². The van der Waals surface area contributed by atoms with Gasteiger partial charge in [0.05, 0.1) is 17.3 Å². The van der Waals surface area contributed by atoms with E-state index in [0.29, 0.717) is 0 Å². The third-order valence-corrected chi connectivity index (χ3v) is 4.16. The van der Waals surface area contributed by atoms with Crippen LogP contribution in [0.5, 0.6) is 0 Å². The predicted molar refractivity (Wildman–Crippen MR) is 79.2 cm³/mol. The second-order valence-corrected chi connectivity index (χ2v) is 6.05. The molecule has 0 bridgehead atoms. The van der Waals surface area contributed by atoms with Crippen molar-refractivity contribution in [3.63, 3.8) is 0 Å². The van der Waals surface area contributed by atoms with E-state index in [2.05, 4.69) is 37.7 Å². The van der Waals surface area contributed by atoms with Crippen LogP contribution in [0.4, 0.5) is 5.69 Å². The summed E-state index contributed by atoms with van der Waals surface area (Å²) in [4.78, 5) is 11.1. The molecule has 2 aromatic rings. The summed E-state index contributed by atoms with van der Waals surface area (Å²) in [6.07, 6.45) is 4.24. The third kappa shape index (κ3) is 2.44. The van der Waals surface area contributed by atoms with E-state index < -0.39 is 0 Å². The molecule has 100 valence electrons. The van der Waals surface area contributed by atoms with Crippen LogP contribution in [0.2, 0.25) is 0 Å². The normalized spacial score (nSPS) is 23.8. The summed E-state index contributed by atoms with van der Waals surface area (Å²) >= 11 is 3.42. The summed E-state index contributed by atoms with van der Waals surface area (Å²) in [5, 5.41) is 9.83. The minimum atomic E-state index is -0.188. The van der Waals surface area contributed by atoms with Crippen LogP contribution in [-0.4, -0.2) is 34.3 Å². The molecule has 5 heteroatoms. The van der Waals surface area contributed by atoms with Gasteiger partial charge in [0, 0.05) is 30.0 Å². The first kappa shape index (κ1) is 12.8. The lowest BCUT2D eigenvalue weighted by molar-refractivity contribution is 0.0971. The van der Waals surface area contributed by atoms with Gasteiger partial charge in [0.2, 0.25) is 0 Å². The third-order valence-electron chi connectivity index (χ3n) is 3.72. The number of hydrogen-bond donors (Lipinski definition) is 1. The molecule has 0 aliphatic carbocycles. The van der Waals surface area contributed by atoms with Gasteiger partial charge in [0.15, 0.2) is 0 Å². The largest absolute Gasteiger partial charge is 0.393 e. The lowest BCUT2D eigenvalue weighted by Gasteiger charge is -2.36. The maximum Gasteiger partial charge on any atom is 0.112 e. The molecule has 2 aromatic heterocycles. The maximum atomic E-state index is 9.83. The van der Waals surface area contributed by atoms with Crippen LogP contribution in [0.3, 0.4) is 0 Å². The molecular weight excluding hydrogens is 306 g/mol. The monoisotopic (exact) mass is 321 g/mol. The Kier molecular flexibility index (Phi) is 3.41. The van der Waals surface area contributed by atoms with Gasteiger partial charge in [-0.15, -0.1) is 0 Å². The van der Waals surface area contributed by atoms with Gasteiger partial charge in [-0.3, -0.25) is 9.97 Å². The fourth-order valence-corrected chi connectivity index (χ4v) is 2.92. The molecule has 0 amide bonds. The highest BCUT2D eigenvalue weighted by Gasteiger charge is 2.25. The first-order valence-corrected chi connectivity index (χ1v) is 7.28. The van der Waals surface area contributed by atoms with E-state index in [1.165, 1.54) is 0 Å². The van der Waals surface area contributed by atoms with Crippen molar-refractivity contribution in [2.75, 3.05) is 18.0 Å². The fraction of sp³-hybridized carbons (Fsp3) is 0.429. The van der Waals surface area contributed by atoms with E-state index in [0.717, 1.165) is 40.7 Å². The molecule has 1 fully saturated rings. The molecule has 1 aliphatic heterocycles. The molecule has 0 radical (unpaired) electrons. The number of halogens is 1. The number of pyridine rings is 2. The van der Waals surface area contributed by atoms with Crippen LogP contribution in [0.25, 0.3) is 11.0 Å². The Morgan fingerprint density at radius 3 is 3.05 bits per heavy atom. The summed E-state index contributed by atoms with van der Waals surface area (Å²) in [5.41, 5.74) is 2.93. The van der Waals surface area contributed by atoms with E-state index in [1.54, 1.807) is 6.20 Å². The molecule has 19 heavy (non-hydrogen) atoms. The van der Waals surface area contributed by atoms with Crippen molar-refractivity contribution in [3.8, 4) is 0 Å². The smallest absolute Gasteiger partial charge is 0.112 e. The van der Waals surface area contributed by atoms with Gasteiger partial charge >= 0.3 is 0 Å². The number of piperidine rings is 1. The van der Waals surface area contributed by atoms with Crippen LogP contribution in [0.15, 0.2) is 29.0 Å². The predicted octanol–water partition coefficient (Wildman–Crippen LogP) is 2.60. The fourth-order valence-electron chi connectivity index (χ4n) is 2.60.